The zero-order valence-electron chi connectivity index (χ0n) is 17.3. The summed E-state index contributed by atoms with van der Waals surface area (Å²) < 4.78 is 17.0. The average Bonchev–Trinajstić information content (AvgIpc) is 3.19. The Morgan fingerprint density at radius 1 is 1.13 bits per heavy atom. The van der Waals surface area contributed by atoms with Gasteiger partial charge in [0.2, 0.25) is 0 Å². The molecule has 30 heavy (non-hydrogen) atoms. The highest BCUT2D eigenvalue weighted by molar-refractivity contribution is 5.87. The van der Waals surface area contributed by atoms with Gasteiger partial charge in [-0.05, 0) is 44.4 Å². The molecule has 5 nitrogen and oxygen atoms in total. The van der Waals surface area contributed by atoms with Crippen molar-refractivity contribution >= 4 is 16.9 Å². The minimum absolute atomic E-state index is 0.0222. The van der Waals surface area contributed by atoms with Crippen molar-refractivity contribution in [1.29, 1.82) is 0 Å². The summed E-state index contributed by atoms with van der Waals surface area (Å²) in [4.78, 5) is 11.3. The summed E-state index contributed by atoms with van der Waals surface area (Å²) in [5, 5.41) is 10.6. The molecule has 0 saturated heterocycles. The summed E-state index contributed by atoms with van der Waals surface area (Å²) in [7, 11) is 0. The van der Waals surface area contributed by atoms with Crippen LogP contribution in [-0.4, -0.2) is 30.9 Å². The van der Waals surface area contributed by atoms with Gasteiger partial charge >= 0.3 is 5.97 Å². The summed E-state index contributed by atoms with van der Waals surface area (Å²) in [6.45, 7) is 6.01. The molecule has 0 radical (unpaired) electrons. The summed E-state index contributed by atoms with van der Waals surface area (Å²) in [6, 6.07) is 17.8. The molecule has 1 unspecified atom stereocenters. The van der Waals surface area contributed by atoms with Crippen molar-refractivity contribution in [3.8, 4) is 17.1 Å². The van der Waals surface area contributed by atoms with Gasteiger partial charge in [0.05, 0.1) is 13.2 Å². The van der Waals surface area contributed by atoms with E-state index in [9.17, 15) is 9.90 Å². The Morgan fingerprint density at radius 3 is 2.67 bits per heavy atom. The van der Waals surface area contributed by atoms with Crippen LogP contribution in [0.4, 0.5) is 0 Å². The van der Waals surface area contributed by atoms with Crippen LogP contribution in [0.1, 0.15) is 26.2 Å². The number of benzene rings is 2. The topological polar surface area (TPSA) is 68.9 Å². The van der Waals surface area contributed by atoms with Crippen molar-refractivity contribution in [2.24, 2.45) is 5.92 Å². The zero-order valence-corrected chi connectivity index (χ0v) is 17.3. The second-order valence-electron chi connectivity index (χ2n) is 7.45. The summed E-state index contributed by atoms with van der Waals surface area (Å²) >= 11 is 0. The molecule has 158 valence electrons. The molecular weight excluding hydrogens is 380 g/mol. The number of rotatable bonds is 11. The van der Waals surface area contributed by atoms with E-state index in [-0.39, 0.29) is 18.5 Å². The van der Waals surface area contributed by atoms with Crippen molar-refractivity contribution in [3.63, 3.8) is 0 Å². The smallest absolute Gasteiger partial charge is 0.333 e. The molecule has 0 aliphatic carbocycles. The molecule has 0 aliphatic heterocycles. The highest BCUT2D eigenvalue weighted by Gasteiger charge is 2.11. The molecule has 0 fully saturated rings. The van der Waals surface area contributed by atoms with E-state index >= 15 is 0 Å². The van der Waals surface area contributed by atoms with Gasteiger partial charge in [0.1, 0.15) is 17.1 Å². The highest BCUT2D eigenvalue weighted by atomic mass is 16.5. The molecule has 5 heteroatoms. The molecule has 3 rings (SSSR count). The first-order chi connectivity index (χ1) is 14.6. The summed E-state index contributed by atoms with van der Waals surface area (Å²) in [6.07, 6.45) is 2.38. The number of carbonyl (C=O) groups is 1. The highest BCUT2D eigenvalue weighted by Crippen LogP contribution is 2.30. The van der Waals surface area contributed by atoms with Crippen LogP contribution in [0, 0.1) is 5.92 Å². The quantitative estimate of drug-likeness (QED) is 0.262. The van der Waals surface area contributed by atoms with E-state index in [0.717, 1.165) is 41.6 Å². The maximum Gasteiger partial charge on any atom is 0.333 e. The van der Waals surface area contributed by atoms with Gasteiger partial charge in [-0.25, -0.2) is 4.79 Å². The fraction of sp³-hybridized carbons (Fsp3) is 0.320. The lowest BCUT2D eigenvalue weighted by Gasteiger charge is -2.15. The van der Waals surface area contributed by atoms with E-state index in [1.54, 1.807) is 6.92 Å². The molecule has 2 aromatic carbocycles. The number of unbranched alkanes of at least 4 members (excludes halogenated alkanes) is 1. The maximum absolute atomic E-state index is 11.3. The molecule has 0 bridgehead atoms. The molecular formula is C25H28O5. The third-order valence-corrected chi connectivity index (χ3v) is 4.88. The SMILES string of the molecule is C=C(C)C(=O)OCCCCC(CO)COc1ccc2cc(-c3ccccc3)oc2c1. The van der Waals surface area contributed by atoms with Crippen molar-refractivity contribution in [2.45, 2.75) is 26.2 Å². The van der Waals surface area contributed by atoms with E-state index in [2.05, 4.69) is 6.58 Å². The number of carbonyl (C=O) groups excluding carboxylic acids is 1. The third kappa shape index (κ3) is 5.97. The lowest BCUT2D eigenvalue weighted by atomic mass is 10.0. The van der Waals surface area contributed by atoms with E-state index in [1.165, 1.54) is 0 Å². The molecule has 0 saturated carbocycles. The Morgan fingerprint density at radius 2 is 1.93 bits per heavy atom. The van der Waals surface area contributed by atoms with E-state index < -0.39 is 0 Å². The fourth-order valence-corrected chi connectivity index (χ4v) is 3.11. The van der Waals surface area contributed by atoms with Crippen molar-refractivity contribution in [2.75, 3.05) is 19.8 Å². The third-order valence-electron chi connectivity index (χ3n) is 4.88. The maximum atomic E-state index is 11.3. The average molecular weight is 408 g/mol. The number of hydrogen-bond donors (Lipinski definition) is 1. The second kappa shape index (κ2) is 10.6. The predicted octanol–water partition coefficient (Wildman–Crippen LogP) is 5.38. The molecule has 0 spiro atoms. The summed E-state index contributed by atoms with van der Waals surface area (Å²) in [5.74, 6) is 1.20. The number of aliphatic hydroxyl groups is 1. The standard InChI is InChI=1S/C25H28O5/c1-18(2)25(27)28-13-7-6-8-19(16-26)17-29-22-12-11-21-14-23(30-24(21)15-22)20-9-4-3-5-10-20/h3-5,9-12,14-15,19,26H,1,6-8,13,16-17H2,2H3. The van der Waals surface area contributed by atoms with Gasteiger partial charge in [0.15, 0.2) is 0 Å². The number of fused-ring (bicyclic) bond motifs is 1. The molecule has 1 N–H and O–H groups in total. The Kier molecular flexibility index (Phi) is 7.69. The van der Waals surface area contributed by atoms with Gasteiger partial charge in [-0.2, -0.15) is 0 Å². The normalized spacial score (nSPS) is 11.9. The van der Waals surface area contributed by atoms with Crippen LogP contribution in [0.25, 0.3) is 22.3 Å². The van der Waals surface area contributed by atoms with Crippen molar-refractivity contribution in [3.05, 3.63) is 66.7 Å². The molecule has 3 aromatic rings. The monoisotopic (exact) mass is 408 g/mol. The fourth-order valence-electron chi connectivity index (χ4n) is 3.11. The van der Waals surface area contributed by atoms with Gasteiger partial charge in [0, 0.05) is 35.1 Å². The predicted molar refractivity (Wildman–Crippen MR) is 117 cm³/mol. The molecule has 1 heterocycles. The number of esters is 1. The van der Waals surface area contributed by atoms with Crippen LogP contribution < -0.4 is 4.74 Å². The van der Waals surface area contributed by atoms with Gasteiger partial charge < -0.3 is 19.0 Å². The van der Waals surface area contributed by atoms with Gasteiger partial charge in [-0.3, -0.25) is 0 Å². The Balaban J connectivity index is 1.49. The lowest BCUT2D eigenvalue weighted by Crippen LogP contribution is -2.16. The first kappa shape index (κ1) is 21.7. The molecule has 0 aliphatic rings. The minimum Gasteiger partial charge on any atom is -0.493 e. The first-order valence-electron chi connectivity index (χ1n) is 10.2. The Hall–Kier alpha value is -3.05. The van der Waals surface area contributed by atoms with Gasteiger partial charge in [0.25, 0.3) is 0 Å². The Labute approximate surface area is 176 Å². The van der Waals surface area contributed by atoms with Crippen LogP contribution in [0.15, 0.2) is 71.2 Å². The van der Waals surface area contributed by atoms with E-state index in [0.29, 0.717) is 24.5 Å². The molecule has 1 aromatic heterocycles. The van der Waals surface area contributed by atoms with Gasteiger partial charge in [-0.1, -0.05) is 36.9 Å². The zero-order chi connectivity index (χ0) is 21.3. The lowest BCUT2D eigenvalue weighted by molar-refractivity contribution is -0.139. The first-order valence-corrected chi connectivity index (χ1v) is 10.2. The van der Waals surface area contributed by atoms with Crippen LogP contribution in [0.2, 0.25) is 0 Å². The van der Waals surface area contributed by atoms with Gasteiger partial charge in [-0.15, -0.1) is 0 Å². The van der Waals surface area contributed by atoms with Crippen molar-refractivity contribution < 1.29 is 23.8 Å². The minimum atomic E-state index is -0.360. The van der Waals surface area contributed by atoms with Crippen LogP contribution in [-0.2, 0) is 9.53 Å². The molecule has 0 amide bonds. The second-order valence-corrected chi connectivity index (χ2v) is 7.45. The molecule has 1 atom stereocenters. The summed E-state index contributed by atoms with van der Waals surface area (Å²) in [5.41, 5.74) is 2.21. The number of hydrogen-bond acceptors (Lipinski definition) is 5. The number of ether oxygens (including phenoxy) is 2. The Bertz CT molecular complexity index is 974. The van der Waals surface area contributed by atoms with E-state index in [4.69, 9.17) is 13.9 Å². The number of furan rings is 1. The van der Waals surface area contributed by atoms with Crippen molar-refractivity contribution in [1.82, 2.24) is 0 Å². The van der Waals surface area contributed by atoms with Crippen LogP contribution in [0.3, 0.4) is 0 Å². The largest absolute Gasteiger partial charge is 0.493 e. The van der Waals surface area contributed by atoms with Crippen LogP contribution in [0.5, 0.6) is 5.75 Å². The van der Waals surface area contributed by atoms with Crippen LogP contribution >= 0.6 is 0 Å². The van der Waals surface area contributed by atoms with E-state index in [1.807, 2.05) is 54.6 Å². The number of aliphatic hydroxyl groups excluding tert-OH is 1.